The number of carbonyl (C=O) groups excluding carboxylic acids is 1. The third kappa shape index (κ3) is 3.67. The smallest absolute Gasteiger partial charge is 0.332 e. The summed E-state index contributed by atoms with van der Waals surface area (Å²) >= 11 is 5.86. The van der Waals surface area contributed by atoms with Gasteiger partial charge >= 0.3 is 5.97 Å². The van der Waals surface area contributed by atoms with Gasteiger partial charge in [-0.05, 0) is 35.9 Å². The Balaban J connectivity index is 1.68. The van der Waals surface area contributed by atoms with Crippen LogP contribution in [0.4, 0.5) is 0 Å². The summed E-state index contributed by atoms with van der Waals surface area (Å²) in [5.41, 5.74) is 0.889. The van der Waals surface area contributed by atoms with Crippen molar-refractivity contribution in [2.45, 2.75) is 6.73 Å². The van der Waals surface area contributed by atoms with Gasteiger partial charge in [0.2, 0.25) is 0 Å². The number of rotatable bonds is 4. The molecule has 24 heavy (non-hydrogen) atoms. The molecule has 0 saturated heterocycles. The molecule has 0 unspecified atom stereocenters. The molecule has 0 radical (unpaired) electrons. The summed E-state index contributed by atoms with van der Waals surface area (Å²) < 4.78 is 6.01. The van der Waals surface area contributed by atoms with Crippen LogP contribution in [0.25, 0.3) is 17.0 Å². The van der Waals surface area contributed by atoms with E-state index < -0.39 is 5.97 Å². The van der Waals surface area contributed by atoms with Crippen molar-refractivity contribution in [2.24, 2.45) is 0 Å². The molecule has 3 rings (SSSR count). The lowest BCUT2D eigenvalue weighted by molar-refractivity contribution is -0.141. The number of hydrogen-bond acceptors (Lipinski definition) is 5. The molecule has 1 heterocycles. The molecule has 0 aliphatic heterocycles. The second-order valence-corrected chi connectivity index (χ2v) is 5.33. The maximum atomic E-state index is 12.2. The molecule has 0 bridgehead atoms. The predicted octanol–water partition coefficient (Wildman–Crippen LogP) is 2.66. The van der Waals surface area contributed by atoms with Crippen molar-refractivity contribution in [1.29, 1.82) is 0 Å². The highest BCUT2D eigenvalue weighted by Crippen LogP contribution is 2.11. The Morgan fingerprint density at radius 2 is 2.04 bits per heavy atom. The van der Waals surface area contributed by atoms with Crippen LogP contribution in [-0.2, 0) is 16.3 Å². The van der Waals surface area contributed by atoms with E-state index in [1.807, 2.05) is 0 Å². The second-order valence-electron chi connectivity index (χ2n) is 4.89. The Morgan fingerprint density at radius 1 is 1.21 bits per heavy atom. The zero-order chi connectivity index (χ0) is 16.9. The van der Waals surface area contributed by atoms with Gasteiger partial charge in [-0.25, -0.2) is 4.79 Å². The molecule has 0 atom stereocenters. The molecule has 0 aliphatic rings. The minimum absolute atomic E-state index is 0.310. The zero-order valence-electron chi connectivity index (χ0n) is 12.4. The zero-order valence-corrected chi connectivity index (χ0v) is 13.2. The quantitative estimate of drug-likeness (QED) is 0.538. The largest absolute Gasteiger partial charge is 0.439 e. The fourth-order valence-corrected chi connectivity index (χ4v) is 2.25. The molecule has 0 N–H and O–H groups in total. The standard InChI is InChI=1S/C17H12ClN3O3/c18-13-5-3-4-12(10-13)8-9-16(22)24-11-21-17(23)14-6-1-2-7-15(14)19-20-21/h1-10H,11H2. The summed E-state index contributed by atoms with van der Waals surface area (Å²) in [7, 11) is 0. The maximum Gasteiger partial charge on any atom is 0.332 e. The highest BCUT2D eigenvalue weighted by atomic mass is 35.5. The molecule has 1 aromatic heterocycles. The van der Waals surface area contributed by atoms with Crippen LogP contribution in [0.5, 0.6) is 0 Å². The third-order valence-corrected chi connectivity index (χ3v) is 3.45. The first kappa shape index (κ1) is 15.9. The monoisotopic (exact) mass is 341 g/mol. The van der Waals surface area contributed by atoms with Crippen molar-refractivity contribution in [3.05, 3.63) is 75.5 Å². The molecule has 0 saturated carbocycles. The molecule has 2 aromatic carbocycles. The summed E-state index contributed by atoms with van der Waals surface area (Å²) in [4.78, 5) is 23.9. The van der Waals surface area contributed by atoms with E-state index in [0.29, 0.717) is 15.9 Å². The second kappa shape index (κ2) is 7.06. The molecular formula is C17H12ClN3O3. The Labute approximate surface area is 141 Å². The van der Waals surface area contributed by atoms with Gasteiger partial charge < -0.3 is 4.74 Å². The minimum Gasteiger partial charge on any atom is -0.439 e. The van der Waals surface area contributed by atoms with E-state index in [0.717, 1.165) is 10.2 Å². The summed E-state index contributed by atoms with van der Waals surface area (Å²) in [6, 6.07) is 13.9. The Hall–Kier alpha value is -2.99. The Bertz CT molecular complexity index is 982. The van der Waals surface area contributed by atoms with Crippen molar-refractivity contribution in [3.8, 4) is 0 Å². The van der Waals surface area contributed by atoms with Gasteiger partial charge in [-0.1, -0.05) is 41.1 Å². The van der Waals surface area contributed by atoms with E-state index in [9.17, 15) is 9.59 Å². The van der Waals surface area contributed by atoms with E-state index in [-0.39, 0.29) is 12.3 Å². The molecule has 0 fully saturated rings. The number of fused-ring (bicyclic) bond motifs is 1. The normalized spacial score (nSPS) is 11.0. The van der Waals surface area contributed by atoms with Crippen LogP contribution in [0.3, 0.4) is 0 Å². The third-order valence-electron chi connectivity index (χ3n) is 3.22. The van der Waals surface area contributed by atoms with Crippen molar-refractivity contribution in [3.63, 3.8) is 0 Å². The molecule has 7 heteroatoms. The SMILES string of the molecule is O=C(C=Cc1cccc(Cl)c1)OCn1nnc2ccccc2c1=O. The molecule has 6 nitrogen and oxygen atoms in total. The van der Waals surface area contributed by atoms with Crippen LogP contribution in [0.1, 0.15) is 5.56 Å². The van der Waals surface area contributed by atoms with Gasteiger partial charge in [-0.15, -0.1) is 5.10 Å². The number of aromatic nitrogens is 3. The average Bonchev–Trinajstić information content (AvgIpc) is 2.60. The molecule has 0 amide bonds. The number of benzene rings is 2. The van der Waals surface area contributed by atoms with Gasteiger partial charge in [-0.2, -0.15) is 4.68 Å². The summed E-state index contributed by atoms with van der Waals surface area (Å²) in [6.45, 7) is -0.310. The fourth-order valence-electron chi connectivity index (χ4n) is 2.06. The van der Waals surface area contributed by atoms with E-state index in [1.54, 1.807) is 54.6 Å². The van der Waals surface area contributed by atoms with Crippen molar-refractivity contribution >= 4 is 34.5 Å². The van der Waals surface area contributed by atoms with Crippen LogP contribution < -0.4 is 5.56 Å². The van der Waals surface area contributed by atoms with Crippen molar-refractivity contribution in [1.82, 2.24) is 15.0 Å². The first-order valence-electron chi connectivity index (χ1n) is 7.06. The fraction of sp³-hybridized carbons (Fsp3) is 0.0588. The van der Waals surface area contributed by atoms with E-state index in [4.69, 9.17) is 16.3 Å². The van der Waals surface area contributed by atoms with Crippen LogP contribution >= 0.6 is 11.6 Å². The van der Waals surface area contributed by atoms with Gasteiger partial charge in [0.05, 0.1) is 5.39 Å². The molecule has 3 aromatic rings. The van der Waals surface area contributed by atoms with Gasteiger partial charge in [-0.3, -0.25) is 4.79 Å². The summed E-state index contributed by atoms with van der Waals surface area (Å²) in [5.74, 6) is -0.600. The number of hydrogen-bond donors (Lipinski definition) is 0. The van der Waals surface area contributed by atoms with Crippen LogP contribution in [0, 0.1) is 0 Å². The highest BCUT2D eigenvalue weighted by Gasteiger charge is 2.06. The first-order valence-corrected chi connectivity index (χ1v) is 7.44. The summed E-state index contributed by atoms with van der Waals surface area (Å²) in [6.07, 6.45) is 2.83. The van der Waals surface area contributed by atoms with Crippen molar-refractivity contribution < 1.29 is 9.53 Å². The molecule has 120 valence electrons. The number of ether oxygens (including phenoxy) is 1. The topological polar surface area (TPSA) is 74.1 Å². The summed E-state index contributed by atoms with van der Waals surface area (Å²) in [5, 5.41) is 8.64. The minimum atomic E-state index is -0.600. The van der Waals surface area contributed by atoms with Gasteiger partial charge in [0.25, 0.3) is 5.56 Å². The number of carbonyl (C=O) groups is 1. The highest BCUT2D eigenvalue weighted by molar-refractivity contribution is 6.30. The number of halogens is 1. The van der Waals surface area contributed by atoms with Crippen molar-refractivity contribution in [2.75, 3.05) is 0 Å². The van der Waals surface area contributed by atoms with E-state index in [2.05, 4.69) is 10.3 Å². The Morgan fingerprint density at radius 3 is 2.88 bits per heavy atom. The van der Waals surface area contributed by atoms with E-state index in [1.165, 1.54) is 6.08 Å². The van der Waals surface area contributed by atoms with Crippen LogP contribution in [-0.4, -0.2) is 21.0 Å². The number of nitrogens with zero attached hydrogens (tertiary/aromatic N) is 3. The van der Waals surface area contributed by atoms with Crippen LogP contribution in [0.15, 0.2) is 59.4 Å². The van der Waals surface area contributed by atoms with E-state index >= 15 is 0 Å². The van der Waals surface area contributed by atoms with Gasteiger partial charge in [0, 0.05) is 11.1 Å². The Kier molecular flexibility index (Phi) is 4.67. The molecular weight excluding hydrogens is 330 g/mol. The average molecular weight is 342 g/mol. The lowest BCUT2D eigenvalue weighted by Crippen LogP contribution is -2.26. The van der Waals surface area contributed by atoms with Crippen LogP contribution in [0.2, 0.25) is 5.02 Å². The maximum absolute atomic E-state index is 12.2. The molecule has 0 aliphatic carbocycles. The van der Waals surface area contributed by atoms with Gasteiger partial charge in [0.15, 0.2) is 6.73 Å². The lowest BCUT2D eigenvalue weighted by Gasteiger charge is -2.04. The molecule has 0 spiro atoms. The first-order chi connectivity index (χ1) is 11.6. The lowest BCUT2D eigenvalue weighted by atomic mass is 10.2. The predicted molar refractivity (Wildman–Crippen MR) is 90.4 cm³/mol. The number of esters is 1. The van der Waals surface area contributed by atoms with Gasteiger partial charge in [0.1, 0.15) is 5.52 Å².